The van der Waals surface area contributed by atoms with Crippen LogP contribution in [0.3, 0.4) is 0 Å². The minimum Gasteiger partial charge on any atom is -0.396 e. The Labute approximate surface area is 142 Å². The summed E-state index contributed by atoms with van der Waals surface area (Å²) >= 11 is 0. The summed E-state index contributed by atoms with van der Waals surface area (Å²) in [6.07, 6.45) is 1.86. The van der Waals surface area contributed by atoms with E-state index in [-0.39, 0.29) is 24.5 Å². The molecule has 6 heteroatoms. The Balaban J connectivity index is 1.87. The summed E-state index contributed by atoms with van der Waals surface area (Å²) < 4.78 is 1.70. The molecule has 128 valence electrons. The van der Waals surface area contributed by atoms with E-state index in [4.69, 9.17) is 0 Å². The highest BCUT2D eigenvalue weighted by Gasteiger charge is 2.31. The van der Waals surface area contributed by atoms with E-state index >= 15 is 0 Å². The van der Waals surface area contributed by atoms with E-state index in [1.54, 1.807) is 4.68 Å². The fraction of sp³-hybridized carbons (Fsp3) is 0.500. The van der Waals surface area contributed by atoms with Crippen LogP contribution >= 0.6 is 0 Å². The first kappa shape index (κ1) is 16.6. The third-order valence-electron chi connectivity index (χ3n) is 4.87. The minimum atomic E-state index is -0.100. The van der Waals surface area contributed by atoms with E-state index in [2.05, 4.69) is 10.3 Å². The second-order valence-corrected chi connectivity index (χ2v) is 6.70. The number of hydrogen-bond donors (Lipinski definition) is 1. The van der Waals surface area contributed by atoms with Gasteiger partial charge in [-0.15, -0.1) is 5.10 Å². The Bertz CT molecular complexity index is 723. The number of aliphatic hydroxyl groups is 1. The van der Waals surface area contributed by atoms with Crippen LogP contribution in [0, 0.1) is 19.8 Å². The summed E-state index contributed by atoms with van der Waals surface area (Å²) in [6.45, 7) is 6.64. The van der Waals surface area contributed by atoms with Crippen molar-refractivity contribution >= 4 is 5.91 Å². The molecule has 3 rings (SSSR count). The molecule has 1 aromatic heterocycles. The Kier molecular flexibility index (Phi) is 4.66. The molecule has 0 spiro atoms. The van der Waals surface area contributed by atoms with E-state index in [9.17, 15) is 9.90 Å². The van der Waals surface area contributed by atoms with Crippen LogP contribution < -0.4 is 0 Å². The van der Waals surface area contributed by atoms with Gasteiger partial charge < -0.3 is 10.0 Å². The molecular weight excluding hydrogens is 304 g/mol. The SMILES string of the molecule is Cc1ccc(-n2nnc(C(=O)N3CC(CO)CCC3C)c2C)cc1. The highest BCUT2D eigenvalue weighted by atomic mass is 16.3. The lowest BCUT2D eigenvalue weighted by atomic mass is 9.94. The number of piperidine rings is 1. The van der Waals surface area contributed by atoms with Crippen molar-refractivity contribution in [3.8, 4) is 5.69 Å². The van der Waals surface area contributed by atoms with Crippen LogP contribution in [0.2, 0.25) is 0 Å². The number of likely N-dealkylation sites (tertiary alicyclic amines) is 1. The average molecular weight is 328 g/mol. The van der Waals surface area contributed by atoms with Crippen LogP contribution in [0.25, 0.3) is 5.69 Å². The predicted molar refractivity (Wildman–Crippen MR) is 91.1 cm³/mol. The Morgan fingerprint density at radius 2 is 1.96 bits per heavy atom. The van der Waals surface area contributed by atoms with Gasteiger partial charge in [0.2, 0.25) is 0 Å². The van der Waals surface area contributed by atoms with Crippen LogP contribution in [-0.4, -0.2) is 50.1 Å². The number of aryl methyl sites for hydroxylation is 1. The van der Waals surface area contributed by atoms with Gasteiger partial charge in [0.05, 0.1) is 11.4 Å². The number of carbonyl (C=O) groups excluding carboxylic acids is 1. The van der Waals surface area contributed by atoms with Gasteiger partial charge in [-0.3, -0.25) is 4.79 Å². The van der Waals surface area contributed by atoms with E-state index in [0.717, 1.165) is 24.2 Å². The number of nitrogens with zero attached hydrogens (tertiary/aromatic N) is 4. The normalized spacial score (nSPS) is 21.1. The van der Waals surface area contributed by atoms with Gasteiger partial charge in [0.25, 0.3) is 5.91 Å². The fourth-order valence-corrected chi connectivity index (χ4v) is 3.21. The summed E-state index contributed by atoms with van der Waals surface area (Å²) in [5.41, 5.74) is 3.19. The lowest BCUT2D eigenvalue weighted by Crippen LogP contribution is -2.46. The molecule has 0 bridgehead atoms. The van der Waals surface area contributed by atoms with E-state index < -0.39 is 0 Å². The largest absolute Gasteiger partial charge is 0.396 e. The molecule has 1 fully saturated rings. The molecule has 1 aliphatic rings. The van der Waals surface area contributed by atoms with Gasteiger partial charge in [-0.2, -0.15) is 0 Å². The number of carbonyl (C=O) groups is 1. The summed E-state index contributed by atoms with van der Waals surface area (Å²) in [7, 11) is 0. The Hall–Kier alpha value is -2.21. The van der Waals surface area contributed by atoms with Crippen molar-refractivity contribution < 1.29 is 9.90 Å². The first-order valence-electron chi connectivity index (χ1n) is 8.42. The topological polar surface area (TPSA) is 71.2 Å². The molecule has 2 unspecified atom stereocenters. The number of amides is 1. The van der Waals surface area contributed by atoms with Crippen molar-refractivity contribution in [2.75, 3.05) is 13.2 Å². The zero-order valence-electron chi connectivity index (χ0n) is 14.4. The molecule has 2 atom stereocenters. The maximum Gasteiger partial charge on any atom is 0.276 e. The average Bonchev–Trinajstić information content (AvgIpc) is 2.97. The van der Waals surface area contributed by atoms with E-state index in [1.807, 2.05) is 49.9 Å². The van der Waals surface area contributed by atoms with Crippen LogP contribution in [0.1, 0.15) is 41.5 Å². The standard InChI is InChI=1S/C18H24N4O2/c1-12-4-8-16(9-5-12)22-14(3)17(19-20-22)18(24)21-10-15(11-23)7-6-13(21)2/h4-5,8-9,13,15,23H,6-7,10-11H2,1-3H3. The molecule has 1 N–H and O–H groups in total. The molecule has 0 radical (unpaired) electrons. The highest BCUT2D eigenvalue weighted by molar-refractivity contribution is 5.93. The summed E-state index contributed by atoms with van der Waals surface area (Å²) in [5, 5.41) is 17.7. The summed E-state index contributed by atoms with van der Waals surface area (Å²) in [4.78, 5) is 14.7. The van der Waals surface area contributed by atoms with Crippen molar-refractivity contribution in [2.45, 2.75) is 39.7 Å². The lowest BCUT2D eigenvalue weighted by molar-refractivity contribution is 0.0482. The highest BCUT2D eigenvalue weighted by Crippen LogP contribution is 2.24. The third kappa shape index (κ3) is 3.06. The number of aliphatic hydroxyl groups excluding tert-OH is 1. The zero-order valence-corrected chi connectivity index (χ0v) is 14.4. The molecule has 1 amide bonds. The van der Waals surface area contributed by atoms with Crippen molar-refractivity contribution in [3.05, 3.63) is 41.2 Å². The molecule has 0 aliphatic carbocycles. The number of rotatable bonds is 3. The van der Waals surface area contributed by atoms with E-state index in [1.165, 1.54) is 5.56 Å². The fourth-order valence-electron chi connectivity index (χ4n) is 3.21. The van der Waals surface area contributed by atoms with Crippen LogP contribution in [0.5, 0.6) is 0 Å². The maximum absolute atomic E-state index is 12.9. The Morgan fingerprint density at radius 3 is 2.62 bits per heavy atom. The lowest BCUT2D eigenvalue weighted by Gasteiger charge is -2.37. The quantitative estimate of drug-likeness (QED) is 0.937. The van der Waals surface area contributed by atoms with Crippen LogP contribution in [0.4, 0.5) is 0 Å². The second kappa shape index (κ2) is 6.73. The van der Waals surface area contributed by atoms with Crippen LogP contribution in [-0.2, 0) is 0 Å². The van der Waals surface area contributed by atoms with Crippen LogP contribution in [0.15, 0.2) is 24.3 Å². The first-order valence-corrected chi connectivity index (χ1v) is 8.42. The second-order valence-electron chi connectivity index (χ2n) is 6.70. The van der Waals surface area contributed by atoms with Gasteiger partial charge in [0.15, 0.2) is 5.69 Å². The summed E-state index contributed by atoms with van der Waals surface area (Å²) in [5.74, 6) is 0.0501. The van der Waals surface area contributed by atoms with Crippen molar-refractivity contribution in [2.24, 2.45) is 5.92 Å². The van der Waals surface area contributed by atoms with Crippen molar-refractivity contribution in [1.29, 1.82) is 0 Å². The first-order chi connectivity index (χ1) is 11.5. The van der Waals surface area contributed by atoms with Gasteiger partial charge in [0, 0.05) is 19.2 Å². The van der Waals surface area contributed by atoms with E-state index in [0.29, 0.717) is 12.2 Å². The monoisotopic (exact) mass is 328 g/mol. The molecule has 0 saturated carbocycles. The van der Waals surface area contributed by atoms with Gasteiger partial charge >= 0.3 is 0 Å². The number of benzene rings is 1. The molecule has 2 aromatic rings. The maximum atomic E-state index is 12.9. The molecule has 1 aromatic carbocycles. The van der Waals surface area contributed by atoms with Crippen molar-refractivity contribution in [1.82, 2.24) is 19.9 Å². The zero-order chi connectivity index (χ0) is 17.3. The number of aromatic nitrogens is 3. The molecule has 1 aliphatic heterocycles. The third-order valence-corrected chi connectivity index (χ3v) is 4.87. The smallest absolute Gasteiger partial charge is 0.276 e. The molecular formula is C18H24N4O2. The molecule has 24 heavy (non-hydrogen) atoms. The van der Waals surface area contributed by atoms with Gasteiger partial charge in [0.1, 0.15) is 0 Å². The molecule has 2 heterocycles. The summed E-state index contributed by atoms with van der Waals surface area (Å²) in [6, 6.07) is 8.12. The molecule has 1 saturated heterocycles. The van der Waals surface area contributed by atoms with Gasteiger partial charge in [-0.25, -0.2) is 4.68 Å². The Morgan fingerprint density at radius 1 is 1.25 bits per heavy atom. The van der Waals surface area contributed by atoms with Gasteiger partial charge in [-0.05, 0) is 51.7 Å². The predicted octanol–water partition coefficient (Wildman–Crippen LogP) is 2.12. The van der Waals surface area contributed by atoms with Gasteiger partial charge in [-0.1, -0.05) is 22.9 Å². The van der Waals surface area contributed by atoms with Crippen molar-refractivity contribution in [3.63, 3.8) is 0 Å². The minimum absolute atomic E-state index is 0.100. The molecule has 6 nitrogen and oxygen atoms in total. The number of hydrogen-bond acceptors (Lipinski definition) is 4.